The Kier molecular flexibility index (Phi) is 18.7. The maximum absolute atomic E-state index is 2.56. The van der Waals surface area contributed by atoms with E-state index in [0.717, 1.165) is 24.2 Å². The van der Waals surface area contributed by atoms with E-state index in [1.165, 1.54) is 123 Å². The van der Waals surface area contributed by atoms with Crippen molar-refractivity contribution in [3.63, 3.8) is 0 Å². The monoisotopic (exact) mass is 495 g/mol. The molecule has 0 aromatic rings. The molecule has 4 aliphatic rings. The van der Waals surface area contributed by atoms with Gasteiger partial charge >= 0.3 is 0 Å². The van der Waals surface area contributed by atoms with Crippen LogP contribution in [0.25, 0.3) is 0 Å². The highest BCUT2D eigenvalue weighted by Gasteiger charge is 2.14. The number of hydrogen-bond acceptors (Lipinski definition) is 4. The standard InChI is InChI=1S/3C8H17N.C7H15N/c3*1-8(2)9-6-4-3-5-7-9;1-7(2)8-5-3-4-6-8/h3*8H,3-7H2,1-2H3;7H,3-6H2,1-2H3. The lowest BCUT2D eigenvalue weighted by molar-refractivity contribution is 0.185. The molecule has 4 rings (SSSR count). The van der Waals surface area contributed by atoms with E-state index < -0.39 is 0 Å². The minimum absolute atomic E-state index is 0.769. The Bertz CT molecular complexity index is 400. The largest absolute Gasteiger partial charge is 0.301 e. The smallest absolute Gasteiger partial charge is 0.00385 e. The molecule has 0 aliphatic carbocycles. The molecule has 4 heterocycles. The van der Waals surface area contributed by atoms with Crippen molar-refractivity contribution in [3.8, 4) is 0 Å². The molecule has 0 N–H and O–H groups in total. The Morgan fingerprint density at radius 3 is 0.514 bits per heavy atom. The number of rotatable bonds is 4. The summed E-state index contributed by atoms with van der Waals surface area (Å²) in [4.78, 5) is 10.2. The van der Waals surface area contributed by atoms with E-state index in [4.69, 9.17) is 0 Å². The first-order valence-electron chi connectivity index (χ1n) is 15.7. The molecule has 0 spiro atoms. The van der Waals surface area contributed by atoms with Gasteiger partial charge in [0.1, 0.15) is 0 Å². The summed E-state index contributed by atoms with van der Waals surface area (Å²) in [6, 6.07) is 3.08. The van der Waals surface area contributed by atoms with Gasteiger partial charge in [0.25, 0.3) is 0 Å². The van der Waals surface area contributed by atoms with E-state index in [-0.39, 0.29) is 0 Å². The molecule has 0 radical (unpaired) electrons. The summed E-state index contributed by atoms with van der Waals surface area (Å²) < 4.78 is 0. The van der Waals surface area contributed by atoms with Crippen LogP contribution in [0.5, 0.6) is 0 Å². The minimum Gasteiger partial charge on any atom is -0.301 e. The zero-order valence-corrected chi connectivity index (χ0v) is 25.5. The van der Waals surface area contributed by atoms with Crippen molar-refractivity contribution in [3.05, 3.63) is 0 Å². The van der Waals surface area contributed by atoms with Crippen molar-refractivity contribution in [1.82, 2.24) is 19.6 Å². The number of piperidine rings is 3. The molecule has 4 nitrogen and oxygen atoms in total. The van der Waals surface area contributed by atoms with Gasteiger partial charge in [0.2, 0.25) is 0 Å². The van der Waals surface area contributed by atoms with Crippen LogP contribution in [0.4, 0.5) is 0 Å². The summed E-state index contributed by atoms with van der Waals surface area (Å²) in [5.74, 6) is 0. The van der Waals surface area contributed by atoms with Crippen molar-refractivity contribution in [2.45, 2.75) is 150 Å². The van der Waals surface area contributed by atoms with Gasteiger partial charge in [-0.05, 0) is 159 Å². The second-order valence-corrected chi connectivity index (χ2v) is 12.4. The molecule has 0 atom stereocenters. The van der Waals surface area contributed by atoms with Crippen molar-refractivity contribution in [1.29, 1.82) is 0 Å². The van der Waals surface area contributed by atoms with E-state index in [0.29, 0.717) is 0 Å². The first-order chi connectivity index (χ1) is 16.7. The highest BCUT2D eigenvalue weighted by atomic mass is 15.2. The predicted octanol–water partition coefficient (Wildman–Crippen LogP) is 7.13. The Labute approximate surface area is 222 Å². The Morgan fingerprint density at radius 1 is 0.257 bits per heavy atom. The van der Waals surface area contributed by atoms with Crippen molar-refractivity contribution in [2.24, 2.45) is 0 Å². The molecule has 0 saturated carbocycles. The fourth-order valence-corrected chi connectivity index (χ4v) is 5.56. The average molecular weight is 495 g/mol. The van der Waals surface area contributed by atoms with Crippen molar-refractivity contribution in [2.75, 3.05) is 52.4 Å². The molecule has 4 saturated heterocycles. The molecular weight excluding hydrogens is 428 g/mol. The molecule has 4 aliphatic heterocycles. The van der Waals surface area contributed by atoms with Gasteiger partial charge in [-0.15, -0.1) is 0 Å². The topological polar surface area (TPSA) is 13.0 Å². The van der Waals surface area contributed by atoms with E-state index >= 15 is 0 Å². The molecule has 0 amide bonds. The van der Waals surface area contributed by atoms with Crippen LogP contribution in [-0.4, -0.2) is 96.1 Å². The Balaban J connectivity index is 0.000000234. The van der Waals surface area contributed by atoms with Gasteiger partial charge in [-0.2, -0.15) is 0 Å². The second-order valence-electron chi connectivity index (χ2n) is 12.4. The quantitative estimate of drug-likeness (QED) is 0.412. The first kappa shape index (κ1) is 32.9. The van der Waals surface area contributed by atoms with Crippen LogP contribution in [0, 0.1) is 0 Å². The zero-order valence-electron chi connectivity index (χ0n) is 25.5. The zero-order chi connectivity index (χ0) is 26.1. The van der Waals surface area contributed by atoms with Crippen LogP contribution in [0.1, 0.15) is 126 Å². The van der Waals surface area contributed by atoms with Crippen LogP contribution < -0.4 is 0 Å². The Morgan fingerprint density at radius 2 is 0.400 bits per heavy atom. The van der Waals surface area contributed by atoms with Crippen LogP contribution >= 0.6 is 0 Å². The summed E-state index contributed by atoms with van der Waals surface area (Å²) in [5, 5.41) is 0. The van der Waals surface area contributed by atoms with Gasteiger partial charge in [0.15, 0.2) is 0 Å². The highest BCUT2D eigenvalue weighted by molar-refractivity contribution is 4.70. The maximum atomic E-state index is 2.56. The maximum Gasteiger partial charge on any atom is 0.00385 e. The molecular formula is C31H66N4. The first-order valence-corrected chi connectivity index (χ1v) is 15.7. The third kappa shape index (κ3) is 15.6. The second kappa shape index (κ2) is 19.9. The fourth-order valence-electron chi connectivity index (χ4n) is 5.56. The van der Waals surface area contributed by atoms with Crippen LogP contribution in [0.2, 0.25) is 0 Å². The Hall–Kier alpha value is -0.160. The lowest BCUT2D eigenvalue weighted by atomic mass is 10.1. The van der Waals surface area contributed by atoms with Gasteiger partial charge in [-0.25, -0.2) is 0 Å². The van der Waals surface area contributed by atoms with Gasteiger partial charge in [-0.1, -0.05) is 19.3 Å². The van der Waals surface area contributed by atoms with Gasteiger partial charge in [-0.3, -0.25) is 0 Å². The highest BCUT2D eigenvalue weighted by Crippen LogP contribution is 2.13. The molecule has 0 unspecified atom stereocenters. The average Bonchev–Trinajstić information content (AvgIpc) is 3.43. The SMILES string of the molecule is CC(C)N1CCCC1.CC(C)N1CCCCC1.CC(C)N1CCCCC1.CC(C)N1CCCCC1. The lowest BCUT2D eigenvalue weighted by Crippen LogP contribution is -2.35. The van der Waals surface area contributed by atoms with Crippen LogP contribution in [0.3, 0.4) is 0 Å². The van der Waals surface area contributed by atoms with Crippen molar-refractivity contribution < 1.29 is 0 Å². The predicted molar refractivity (Wildman–Crippen MR) is 158 cm³/mol. The summed E-state index contributed by atoms with van der Waals surface area (Å²) in [5.41, 5.74) is 0. The third-order valence-corrected chi connectivity index (χ3v) is 8.23. The van der Waals surface area contributed by atoms with Gasteiger partial charge < -0.3 is 19.6 Å². The van der Waals surface area contributed by atoms with Crippen LogP contribution in [-0.2, 0) is 0 Å². The molecule has 35 heavy (non-hydrogen) atoms. The van der Waals surface area contributed by atoms with E-state index in [9.17, 15) is 0 Å². The molecule has 4 fully saturated rings. The van der Waals surface area contributed by atoms with Gasteiger partial charge in [0.05, 0.1) is 0 Å². The van der Waals surface area contributed by atoms with Gasteiger partial charge in [0, 0.05) is 24.2 Å². The summed E-state index contributed by atoms with van der Waals surface area (Å²) in [6.07, 6.45) is 15.7. The minimum atomic E-state index is 0.769. The summed E-state index contributed by atoms with van der Waals surface area (Å²) in [6.45, 7) is 28.9. The molecule has 4 heteroatoms. The number of likely N-dealkylation sites (tertiary alicyclic amines) is 4. The molecule has 0 aromatic carbocycles. The fraction of sp³-hybridized carbons (Fsp3) is 1.00. The third-order valence-electron chi connectivity index (χ3n) is 8.23. The van der Waals surface area contributed by atoms with E-state index in [1.54, 1.807) is 0 Å². The van der Waals surface area contributed by atoms with Crippen molar-refractivity contribution >= 4 is 0 Å². The van der Waals surface area contributed by atoms with Crippen LogP contribution in [0.15, 0.2) is 0 Å². The molecule has 0 aromatic heterocycles. The van der Waals surface area contributed by atoms with E-state index in [1.807, 2.05) is 0 Å². The molecule has 210 valence electrons. The lowest BCUT2D eigenvalue weighted by Gasteiger charge is -2.29. The summed E-state index contributed by atoms with van der Waals surface area (Å²) >= 11 is 0. The normalized spacial score (nSPS) is 23.0. The van der Waals surface area contributed by atoms with E-state index in [2.05, 4.69) is 75.0 Å². The molecule has 0 bridgehead atoms. The summed E-state index contributed by atoms with van der Waals surface area (Å²) in [7, 11) is 0. The number of nitrogens with zero attached hydrogens (tertiary/aromatic N) is 4. The number of hydrogen-bond donors (Lipinski definition) is 0.